The van der Waals surface area contributed by atoms with Gasteiger partial charge in [0, 0.05) is 67.9 Å². The van der Waals surface area contributed by atoms with Crippen molar-refractivity contribution in [1.29, 1.82) is 5.26 Å². The number of aromatic nitrogens is 2. The standard InChI is InChI=1S/C40H42ClN7O5/c1-3-26-19-30(35(50)20-34(26)49)39(52)47-15-12-25(21-47)24-53-40-43-32-23-45(33-10-6-8-27-7-5-9-31(41)37(27)33)16-13-29(32)38(44-40)46-17-18-48(36(51)4-2)28(22-46)11-14-42/h4-10,19-20,25,28,49-50H,2-3,11-13,15-18,21-24H2,1H3/t25-,28+/m1/s1. The van der Waals surface area contributed by atoms with Crippen molar-refractivity contribution in [3.63, 3.8) is 0 Å². The molecule has 0 saturated carbocycles. The van der Waals surface area contributed by atoms with E-state index in [1.54, 1.807) is 15.9 Å². The minimum absolute atomic E-state index is 0.00901. The van der Waals surface area contributed by atoms with Crippen LogP contribution in [0, 0.1) is 17.2 Å². The van der Waals surface area contributed by atoms with Gasteiger partial charge in [-0.2, -0.15) is 15.2 Å². The van der Waals surface area contributed by atoms with Gasteiger partial charge in [-0.25, -0.2) is 0 Å². The summed E-state index contributed by atoms with van der Waals surface area (Å²) in [5.74, 6) is -0.0109. The number of amides is 2. The van der Waals surface area contributed by atoms with Crippen LogP contribution >= 0.6 is 11.6 Å². The van der Waals surface area contributed by atoms with Gasteiger partial charge < -0.3 is 34.5 Å². The Kier molecular flexibility index (Phi) is 10.3. The second-order valence-electron chi connectivity index (χ2n) is 13.8. The SMILES string of the molecule is C=CC(=O)N1CCN(c2nc(OC[C@@H]3CCN(C(=O)c4cc(CC)c(O)cc4O)C3)nc3c2CCN(c2cccc4cccc(Cl)c24)C3)C[C@@H]1CC#N. The van der Waals surface area contributed by atoms with Crippen molar-refractivity contribution in [2.75, 3.05) is 55.7 Å². The number of anilines is 2. The molecule has 274 valence electrons. The summed E-state index contributed by atoms with van der Waals surface area (Å²) < 4.78 is 6.34. The summed E-state index contributed by atoms with van der Waals surface area (Å²) in [6.07, 6.45) is 3.37. The fourth-order valence-corrected chi connectivity index (χ4v) is 8.07. The Morgan fingerprint density at radius 2 is 1.87 bits per heavy atom. The molecule has 0 bridgehead atoms. The van der Waals surface area contributed by atoms with Gasteiger partial charge in [0.1, 0.15) is 17.3 Å². The van der Waals surface area contributed by atoms with Crippen LogP contribution in [-0.2, 0) is 24.2 Å². The van der Waals surface area contributed by atoms with Crippen LogP contribution in [0.2, 0.25) is 5.02 Å². The summed E-state index contributed by atoms with van der Waals surface area (Å²) >= 11 is 6.73. The molecule has 1 aromatic heterocycles. The number of carbonyl (C=O) groups is 2. The lowest BCUT2D eigenvalue weighted by Gasteiger charge is -2.42. The predicted octanol–water partition coefficient (Wildman–Crippen LogP) is 5.48. The molecule has 2 amide bonds. The van der Waals surface area contributed by atoms with Gasteiger partial charge >= 0.3 is 6.01 Å². The van der Waals surface area contributed by atoms with Gasteiger partial charge in [0.25, 0.3) is 5.91 Å². The van der Waals surface area contributed by atoms with Crippen LogP contribution in [0.5, 0.6) is 17.5 Å². The number of hydrogen-bond donors (Lipinski definition) is 2. The van der Waals surface area contributed by atoms with Crippen molar-refractivity contribution in [1.82, 2.24) is 19.8 Å². The van der Waals surface area contributed by atoms with Crippen LogP contribution in [0.4, 0.5) is 11.5 Å². The van der Waals surface area contributed by atoms with Gasteiger partial charge in [-0.05, 0) is 54.5 Å². The average molecular weight is 736 g/mol. The van der Waals surface area contributed by atoms with E-state index in [0.29, 0.717) is 75.7 Å². The lowest BCUT2D eigenvalue weighted by Crippen LogP contribution is -2.55. The van der Waals surface area contributed by atoms with E-state index in [0.717, 1.165) is 33.5 Å². The van der Waals surface area contributed by atoms with Crippen molar-refractivity contribution in [3.05, 3.63) is 88.6 Å². The van der Waals surface area contributed by atoms with Crippen molar-refractivity contribution in [2.45, 2.75) is 45.2 Å². The van der Waals surface area contributed by atoms with Gasteiger partial charge in [-0.15, -0.1) is 0 Å². The maximum absolute atomic E-state index is 13.4. The van der Waals surface area contributed by atoms with E-state index in [-0.39, 0.29) is 59.9 Å². The molecular weight excluding hydrogens is 694 g/mol. The Bertz CT molecular complexity index is 2110. The maximum atomic E-state index is 13.4. The summed E-state index contributed by atoms with van der Waals surface area (Å²) in [5, 5.41) is 32.9. The van der Waals surface area contributed by atoms with E-state index in [9.17, 15) is 25.1 Å². The summed E-state index contributed by atoms with van der Waals surface area (Å²) in [6, 6.07) is 17.0. The first kappa shape index (κ1) is 35.8. The van der Waals surface area contributed by atoms with E-state index in [2.05, 4.69) is 40.6 Å². The quantitative estimate of drug-likeness (QED) is 0.212. The number of likely N-dealkylation sites (tertiary alicyclic amines) is 1. The van der Waals surface area contributed by atoms with Crippen molar-refractivity contribution in [2.24, 2.45) is 5.92 Å². The number of nitriles is 1. The van der Waals surface area contributed by atoms with Crippen LogP contribution in [0.25, 0.3) is 10.8 Å². The largest absolute Gasteiger partial charge is 0.508 e. The monoisotopic (exact) mass is 735 g/mol. The van der Waals surface area contributed by atoms with Crippen molar-refractivity contribution in [3.8, 4) is 23.6 Å². The molecule has 0 radical (unpaired) electrons. The smallest absolute Gasteiger partial charge is 0.318 e. The van der Waals surface area contributed by atoms with Crippen LogP contribution in [-0.4, -0.2) is 93.7 Å². The molecular formula is C40H42ClN7O5. The molecule has 2 saturated heterocycles. The van der Waals surface area contributed by atoms with Crippen molar-refractivity contribution >= 4 is 45.7 Å². The normalized spacial score (nSPS) is 18.5. The number of benzene rings is 3. The molecule has 0 unspecified atom stereocenters. The third-order valence-corrected chi connectivity index (χ3v) is 10.9. The highest BCUT2D eigenvalue weighted by Crippen LogP contribution is 2.38. The molecule has 0 spiro atoms. The number of aryl methyl sites for hydroxylation is 1. The molecule has 2 N–H and O–H groups in total. The minimum atomic E-state index is -0.324. The van der Waals surface area contributed by atoms with E-state index in [1.807, 2.05) is 25.1 Å². The number of phenolic OH excluding ortho intramolecular Hbond substituents is 2. The average Bonchev–Trinajstić information content (AvgIpc) is 3.65. The fourth-order valence-electron chi connectivity index (χ4n) is 7.79. The number of ether oxygens (including phenoxy) is 1. The first-order chi connectivity index (χ1) is 25.7. The van der Waals surface area contributed by atoms with E-state index < -0.39 is 0 Å². The van der Waals surface area contributed by atoms with Crippen LogP contribution in [0.3, 0.4) is 0 Å². The first-order valence-corrected chi connectivity index (χ1v) is 18.4. The van der Waals surface area contributed by atoms with Crippen molar-refractivity contribution < 1.29 is 24.5 Å². The van der Waals surface area contributed by atoms with Gasteiger partial charge in [0.2, 0.25) is 5.91 Å². The minimum Gasteiger partial charge on any atom is -0.508 e. The number of hydrogen-bond acceptors (Lipinski definition) is 10. The van der Waals surface area contributed by atoms with Gasteiger partial charge in [0.15, 0.2) is 0 Å². The highest BCUT2D eigenvalue weighted by atomic mass is 35.5. The third kappa shape index (κ3) is 7.13. The summed E-state index contributed by atoms with van der Waals surface area (Å²) in [6.45, 7) is 9.35. The number of carbonyl (C=O) groups excluding carboxylic acids is 2. The number of halogens is 1. The molecule has 3 aliphatic heterocycles. The number of fused-ring (bicyclic) bond motifs is 2. The zero-order valence-corrected chi connectivity index (χ0v) is 30.4. The highest BCUT2D eigenvalue weighted by molar-refractivity contribution is 6.36. The Labute approximate surface area is 313 Å². The highest BCUT2D eigenvalue weighted by Gasteiger charge is 2.34. The third-order valence-electron chi connectivity index (χ3n) is 10.6. The predicted molar refractivity (Wildman–Crippen MR) is 203 cm³/mol. The maximum Gasteiger partial charge on any atom is 0.318 e. The molecule has 2 fully saturated rings. The molecule has 4 heterocycles. The topological polar surface area (TPSA) is 146 Å². The Morgan fingerprint density at radius 1 is 1.06 bits per heavy atom. The molecule has 4 aromatic rings. The number of piperazine rings is 1. The second kappa shape index (κ2) is 15.2. The lowest BCUT2D eigenvalue weighted by atomic mass is 10.0. The number of nitrogens with zero attached hydrogens (tertiary/aromatic N) is 7. The molecule has 3 aliphatic rings. The van der Waals surface area contributed by atoms with Gasteiger partial charge in [0.05, 0.1) is 48.0 Å². The lowest BCUT2D eigenvalue weighted by molar-refractivity contribution is -0.128. The number of rotatable bonds is 9. The second-order valence-corrected chi connectivity index (χ2v) is 14.2. The van der Waals surface area contributed by atoms with E-state index >= 15 is 0 Å². The van der Waals surface area contributed by atoms with Crippen LogP contribution in [0.15, 0.2) is 61.2 Å². The van der Waals surface area contributed by atoms with Gasteiger partial charge in [-0.1, -0.05) is 49.4 Å². The number of aromatic hydroxyl groups is 2. The molecule has 7 rings (SSSR count). The number of phenols is 2. The molecule has 53 heavy (non-hydrogen) atoms. The van der Waals surface area contributed by atoms with Gasteiger partial charge in [-0.3, -0.25) is 9.59 Å². The van der Waals surface area contributed by atoms with Crippen LogP contribution in [0.1, 0.15) is 46.9 Å². The Balaban J connectivity index is 1.15. The molecule has 12 nitrogen and oxygen atoms in total. The zero-order valence-electron chi connectivity index (χ0n) is 29.7. The molecule has 0 aliphatic carbocycles. The molecule has 2 atom stereocenters. The Hall–Kier alpha value is -5.54. The summed E-state index contributed by atoms with van der Waals surface area (Å²) in [7, 11) is 0. The summed E-state index contributed by atoms with van der Waals surface area (Å²) in [5.41, 5.74) is 3.63. The zero-order chi connectivity index (χ0) is 37.2. The molecule has 3 aromatic carbocycles. The molecule has 13 heteroatoms. The van der Waals surface area contributed by atoms with E-state index in [1.165, 1.54) is 12.1 Å². The first-order valence-electron chi connectivity index (χ1n) is 18.0. The summed E-state index contributed by atoms with van der Waals surface area (Å²) in [4.78, 5) is 43.8. The fraction of sp³-hybridized carbons (Fsp3) is 0.375. The van der Waals surface area contributed by atoms with E-state index in [4.69, 9.17) is 26.3 Å². The van der Waals surface area contributed by atoms with Crippen LogP contribution < -0.4 is 14.5 Å². The Morgan fingerprint density at radius 3 is 2.64 bits per heavy atom.